The average molecular weight is 279 g/mol. The number of amides is 1. The zero-order valence-corrected chi connectivity index (χ0v) is 12.3. The first-order chi connectivity index (χ1) is 9.25. The van der Waals surface area contributed by atoms with E-state index in [0.29, 0.717) is 5.92 Å². The van der Waals surface area contributed by atoms with Crippen molar-refractivity contribution in [1.29, 1.82) is 0 Å². The molecule has 0 radical (unpaired) electrons. The van der Waals surface area contributed by atoms with Crippen molar-refractivity contribution in [3.05, 3.63) is 33.9 Å². The summed E-state index contributed by atoms with van der Waals surface area (Å²) in [4.78, 5) is 24.4. The molecule has 0 aliphatic rings. The van der Waals surface area contributed by atoms with Crippen LogP contribution < -0.4 is 5.73 Å². The summed E-state index contributed by atoms with van der Waals surface area (Å²) in [6, 6.07) is 4.42. The molecule has 0 fully saturated rings. The van der Waals surface area contributed by atoms with Crippen molar-refractivity contribution in [1.82, 2.24) is 4.90 Å². The van der Waals surface area contributed by atoms with Crippen LogP contribution in [0.25, 0.3) is 0 Å². The SMILES string of the molecule is CC(C)CC(C)N(C)C(=O)c1cccc(N)c1[N+](=O)[O-]. The van der Waals surface area contributed by atoms with Crippen LogP contribution in [0.1, 0.15) is 37.6 Å². The van der Waals surface area contributed by atoms with Crippen molar-refractivity contribution in [2.45, 2.75) is 33.2 Å². The van der Waals surface area contributed by atoms with Crippen LogP contribution in [0, 0.1) is 16.0 Å². The average Bonchev–Trinajstić information content (AvgIpc) is 2.35. The summed E-state index contributed by atoms with van der Waals surface area (Å²) in [7, 11) is 1.66. The first-order valence-corrected chi connectivity index (χ1v) is 6.55. The number of nitrogen functional groups attached to an aromatic ring is 1. The van der Waals surface area contributed by atoms with E-state index in [0.717, 1.165) is 6.42 Å². The number of nitro benzene ring substituents is 1. The molecule has 0 aliphatic heterocycles. The topological polar surface area (TPSA) is 89.5 Å². The Balaban J connectivity index is 3.09. The Hall–Kier alpha value is -2.11. The Morgan fingerprint density at radius 2 is 2.00 bits per heavy atom. The molecule has 1 amide bonds. The zero-order chi connectivity index (χ0) is 15.4. The molecule has 2 N–H and O–H groups in total. The number of hydrogen-bond donors (Lipinski definition) is 1. The maximum absolute atomic E-state index is 12.4. The van der Waals surface area contributed by atoms with Crippen molar-refractivity contribution in [2.24, 2.45) is 5.92 Å². The van der Waals surface area contributed by atoms with Gasteiger partial charge in [0.25, 0.3) is 5.91 Å². The summed E-state index contributed by atoms with van der Waals surface area (Å²) in [6.07, 6.45) is 0.832. The lowest BCUT2D eigenvalue weighted by Gasteiger charge is -2.26. The molecule has 0 aliphatic carbocycles. The number of nitrogens with zero attached hydrogens (tertiary/aromatic N) is 2. The lowest BCUT2D eigenvalue weighted by Crippen LogP contribution is -2.36. The smallest absolute Gasteiger partial charge is 0.304 e. The summed E-state index contributed by atoms with van der Waals surface area (Å²) < 4.78 is 0. The largest absolute Gasteiger partial charge is 0.393 e. The fraction of sp³-hybridized carbons (Fsp3) is 0.500. The number of para-hydroxylation sites is 1. The number of nitrogens with two attached hydrogens (primary N) is 1. The van der Waals surface area contributed by atoms with E-state index < -0.39 is 4.92 Å². The van der Waals surface area contributed by atoms with Crippen LogP contribution >= 0.6 is 0 Å². The second kappa shape index (κ2) is 6.36. The number of carbonyl (C=O) groups excluding carboxylic acids is 1. The van der Waals surface area contributed by atoms with Crippen LogP contribution in [0.5, 0.6) is 0 Å². The minimum atomic E-state index is -0.608. The van der Waals surface area contributed by atoms with Gasteiger partial charge in [-0.25, -0.2) is 0 Å². The van der Waals surface area contributed by atoms with Gasteiger partial charge in [0.1, 0.15) is 11.3 Å². The maximum Gasteiger partial charge on any atom is 0.304 e. The molecule has 1 aromatic rings. The molecule has 0 aromatic heterocycles. The molecule has 1 rings (SSSR count). The molecule has 0 heterocycles. The quantitative estimate of drug-likeness (QED) is 0.509. The van der Waals surface area contributed by atoms with Crippen LogP contribution in [0.4, 0.5) is 11.4 Å². The van der Waals surface area contributed by atoms with Crippen molar-refractivity contribution >= 4 is 17.3 Å². The van der Waals surface area contributed by atoms with E-state index in [1.54, 1.807) is 13.1 Å². The Labute approximate surface area is 118 Å². The lowest BCUT2D eigenvalue weighted by atomic mass is 10.0. The van der Waals surface area contributed by atoms with Gasteiger partial charge in [-0.2, -0.15) is 0 Å². The highest BCUT2D eigenvalue weighted by molar-refractivity contribution is 6.00. The van der Waals surface area contributed by atoms with Gasteiger partial charge in [-0.1, -0.05) is 19.9 Å². The van der Waals surface area contributed by atoms with Gasteiger partial charge < -0.3 is 10.6 Å². The molecule has 6 heteroatoms. The van der Waals surface area contributed by atoms with Crippen molar-refractivity contribution < 1.29 is 9.72 Å². The first kappa shape index (κ1) is 15.9. The molecular formula is C14H21N3O3. The third kappa shape index (κ3) is 3.46. The Morgan fingerprint density at radius 1 is 1.40 bits per heavy atom. The highest BCUT2D eigenvalue weighted by Gasteiger charge is 2.27. The van der Waals surface area contributed by atoms with Gasteiger partial charge >= 0.3 is 5.69 Å². The molecular weight excluding hydrogens is 258 g/mol. The third-order valence-electron chi connectivity index (χ3n) is 3.27. The van der Waals surface area contributed by atoms with E-state index in [-0.39, 0.29) is 28.9 Å². The standard InChI is InChI=1S/C14H21N3O3/c1-9(2)8-10(3)16(4)14(18)11-6-5-7-12(15)13(11)17(19)20/h5-7,9-10H,8,15H2,1-4H3. The van der Waals surface area contributed by atoms with Gasteiger partial charge in [0, 0.05) is 13.1 Å². The van der Waals surface area contributed by atoms with Gasteiger partial charge in [0.15, 0.2) is 0 Å². The summed E-state index contributed by atoms with van der Waals surface area (Å²) in [5.74, 6) is 0.0632. The second-order valence-corrected chi connectivity index (χ2v) is 5.40. The predicted octanol–water partition coefficient (Wildman–Crippen LogP) is 2.68. The van der Waals surface area contributed by atoms with Gasteiger partial charge in [-0.05, 0) is 31.4 Å². The Morgan fingerprint density at radius 3 is 2.50 bits per heavy atom. The number of rotatable bonds is 5. The first-order valence-electron chi connectivity index (χ1n) is 6.55. The van der Waals surface area contributed by atoms with Crippen LogP contribution in [0.3, 0.4) is 0 Å². The highest BCUT2D eigenvalue weighted by Crippen LogP contribution is 2.27. The highest BCUT2D eigenvalue weighted by atomic mass is 16.6. The zero-order valence-electron chi connectivity index (χ0n) is 12.3. The van der Waals surface area contributed by atoms with E-state index in [1.165, 1.54) is 17.0 Å². The number of nitro groups is 1. The van der Waals surface area contributed by atoms with E-state index in [1.807, 2.05) is 6.92 Å². The number of benzene rings is 1. The molecule has 20 heavy (non-hydrogen) atoms. The number of carbonyl (C=O) groups is 1. The fourth-order valence-corrected chi connectivity index (χ4v) is 2.17. The number of hydrogen-bond acceptors (Lipinski definition) is 4. The molecule has 6 nitrogen and oxygen atoms in total. The van der Waals surface area contributed by atoms with Crippen molar-refractivity contribution in [3.8, 4) is 0 Å². The van der Waals surface area contributed by atoms with E-state index in [4.69, 9.17) is 5.73 Å². The van der Waals surface area contributed by atoms with E-state index >= 15 is 0 Å². The summed E-state index contributed by atoms with van der Waals surface area (Å²) in [5, 5.41) is 11.1. The van der Waals surface area contributed by atoms with Crippen LogP contribution in [-0.2, 0) is 0 Å². The Bertz CT molecular complexity index is 514. The van der Waals surface area contributed by atoms with Gasteiger partial charge in [0.2, 0.25) is 0 Å². The molecule has 110 valence electrons. The maximum atomic E-state index is 12.4. The van der Waals surface area contributed by atoms with Crippen LogP contribution in [0.15, 0.2) is 18.2 Å². The molecule has 0 bridgehead atoms. The molecule has 0 saturated heterocycles. The second-order valence-electron chi connectivity index (χ2n) is 5.40. The van der Waals surface area contributed by atoms with Crippen LogP contribution in [0.2, 0.25) is 0 Å². The molecule has 0 spiro atoms. The fourth-order valence-electron chi connectivity index (χ4n) is 2.17. The normalized spacial score (nSPS) is 12.2. The summed E-state index contributed by atoms with van der Waals surface area (Å²) in [5.41, 5.74) is 5.33. The predicted molar refractivity (Wildman–Crippen MR) is 78.5 cm³/mol. The summed E-state index contributed by atoms with van der Waals surface area (Å²) in [6.45, 7) is 6.06. The van der Waals surface area contributed by atoms with Crippen molar-refractivity contribution in [2.75, 3.05) is 12.8 Å². The number of anilines is 1. The minimum Gasteiger partial charge on any atom is -0.393 e. The van der Waals surface area contributed by atoms with E-state index in [2.05, 4.69) is 13.8 Å². The third-order valence-corrected chi connectivity index (χ3v) is 3.27. The monoisotopic (exact) mass is 279 g/mol. The summed E-state index contributed by atoms with van der Waals surface area (Å²) >= 11 is 0. The van der Waals surface area contributed by atoms with Crippen molar-refractivity contribution in [3.63, 3.8) is 0 Å². The van der Waals surface area contributed by atoms with Gasteiger partial charge in [0.05, 0.1) is 4.92 Å². The Kier molecular flexibility index (Phi) is 5.07. The van der Waals surface area contributed by atoms with Gasteiger partial charge in [-0.15, -0.1) is 0 Å². The van der Waals surface area contributed by atoms with Crippen LogP contribution in [-0.4, -0.2) is 28.8 Å². The molecule has 1 aromatic carbocycles. The lowest BCUT2D eigenvalue weighted by molar-refractivity contribution is -0.384. The minimum absolute atomic E-state index is 0.00327. The molecule has 1 atom stereocenters. The molecule has 1 unspecified atom stereocenters. The van der Waals surface area contributed by atoms with Gasteiger partial charge in [-0.3, -0.25) is 14.9 Å². The molecule has 0 saturated carbocycles. The van der Waals surface area contributed by atoms with E-state index in [9.17, 15) is 14.9 Å².